The smallest absolute Gasteiger partial charge is 0.195 e. The number of aromatic amines is 1. The molecule has 84 valence electrons. The lowest BCUT2D eigenvalue weighted by Crippen LogP contribution is -2.09. The van der Waals surface area contributed by atoms with Crippen molar-refractivity contribution in [1.29, 1.82) is 0 Å². The van der Waals surface area contributed by atoms with Crippen LogP contribution in [-0.4, -0.2) is 14.8 Å². The fourth-order valence-electron chi connectivity index (χ4n) is 1.81. The molecule has 2 heterocycles. The average molecular weight is 251 g/mol. The molecule has 16 heavy (non-hydrogen) atoms. The fraction of sp³-hybridized carbons (Fsp3) is 0.455. The van der Waals surface area contributed by atoms with Gasteiger partial charge in [-0.1, -0.05) is 13.0 Å². The van der Waals surface area contributed by atoms with Crippen LogP contribution < -0.4 is 0 Å². The molecule has 1 fully saturated rings. The average Bonchev–Trinajstić information content (AvgIpc) is 2.70. The predicted molar refractivity (Wildman–Crippen MR) is 68.1 cm³/mol. The lowest BCUT2D eigenvalue weighted by molar-refractivity contribution is 0.463. The minimum absolute atomic E-state index is 0.439. The maximum atomic E-state index is 5.29. The first-order valence-corrected chi connectivity index (χ1v) is 6.66. The van der Waals surface area contributed by atoms with Crippen molar-refractivity contribution >= 4 is 23.6 Å². The van der Waals surface area contributed by atoms with Crippen LogP contribution in [0.2, 0.25) is 0 Å². The van der Waals surface area contributed by atoms with Gasteiger partial charge in [0.25, 0.3) is 0 Å². The van der Waals surface area contributed by atoms with Gasteiger partial charge in [-0.2, -0.15) is 5.10 Å². The van der Waals surface area contributed by atoms with Crippen molar-refractivity contribution in [2.45, 2.75) is 26.3 Å². The second kappa shape index (κ2) is 3.53. The minimum atomic E-state index is 0.439. The van der Waals surface area contributed by atoms with Gasteiger partial charge in [-0.25, -0.2) is 0 Å². The molecular formula is C11H13N3S2. The lowest BCUT2D eigenvalue weighted by Gasteiger charge is -2.10. The Morgan fingerprint density at radius 1 is 1.62 bits per heavy atom. The van der Waals surface area contributed by atoms with Crippen molar-refractivity contribution in [3.05, 3.63) is 22.3 Å². The third-order valence-corrected chi connectivity index (χ3v) is 4.32. The van der Waals surface area contributed by atoms with Crippen LogP contribution >= 0.6 is 23.6 Å². The van der Waals surface area contributed by atoms with Gasteiger partial charge in [0.05, 0.1) is 4.88 Å². The van der Waals surface area contributed by atoms with E-state index in [0.717, 1.165) is 17.1 Å². The molecule has 0 aromatic carbocycles. The second-order valence-electron chi connectivity index (χ2n) is 4.73. The molecule has 1 N–H and O–H groups in total. The number of rotatable bonds is 3. The molecule has 0 saturated heterocycles. The number of nitrogens with one attached hydrogen (secondary N) is 1. The maximum absolute atomic E-state index is 5.29. The SMILES string of the molecule is CC1(Cn2c(-c3cccs3)n[nH]c2=S)CC1. The lowest BCUT2D eigenvalue weighted by atomic mass is 10.1. The van der Waals surface area contributed by atoms with Crippen LogP contribution in [0, 0.1) is 10.2 Å². The molecular weight excluding hydrogens is 238 g/mol. The standard InChI is InChI=1S/C11H13N3S2/c1-11(4-5-11)7-14-9(12-13-10(14)15)8-3-2-6-16-8/h2-3,6H,4-5,7H2,1H3,(H,13,15). The Hall–Kier alpha value is -0.940. The zero-order chi connectivity index (χ0) is 11.2. The van der Waals surface area contributed by atoms with E-state index < -0.39 is 0 Å². The first kappa shape index (κ1) is 10.2. The Morgan fingerprint density at radius 2 is 2.44 bits per heavy atom. The summed E-state index contributed by atoms with van der Waals surface area (Å²) in [6.07, 6.45) is 2.59. The predicted octanol–water partition coefficient (Wildman–Crippen LogP) is 3.47. The van der Waals surface area contributed by atoms with E-state index >= 15 is 0 Å². The first-order valence-electron chi connectivity index (χ1n) is 5.37. The molecule has 2 aromatic heterocycles. The number of hydrogen-bond donors (Lipinski definition) is 1. The monoisotopic (exact) mass is 251 g/mol. The summed E-state index contributed by atoms with van der Waals surface area (Å²) in [5, 5.41) is 9.29. The highest BCUT2D eigenvalue weighted by atomic mass is 32.1. The molecule has 3 rings (SSSR count). The van der Waals surface area contributed by atoms with Crippen molar-refractivity contribution in [3.8, 4) is 10.7 Å². The molecule has 0 radical (unpaired) electrons. The normalized spacial score (nSPS) is 17.6. The van der Waals surface area contributed by atoms with E-state index in [-0.39, 0.29) is 0 Å². The summed E-state index contributed by atoms with van der Waals surface area (Å²) in [6, 6.07) is 4.13. The second-order valence-corrected chi connectivity index (χ2v) is 6.06. The van der Waals surface area contributed by atoms with Crippen molar-refractivity contribution in [2.75, 3.05) is 0 Å². The van der Waals surface area contributed by atoms with E-state index in [1.807, 2.05) is 6.07 Å². The minimum Gasteiger partial charge on any atom is -0.299 e. The van der Waals surface area contributed by atoms with Crippen molar-refractivity contribution in [1.82, 2.24) is 14.8 Å². The van der Waals surface area contributed by atoms with Gasteiger partial charge in [-0.15, -0.1) is 11.3 Å². The Bertz CT molecular complexity index is 546. The van der Waals surface area contributed by atoms with Crippen LogP contribution in [0.15, 0.2) is 17.5 Å². The molecule has 0 atom stereocenters. The molecule has 0 amide bonds. The molecule has 1 aliphatic carbocycles. The maximum Gasteiger partial charge on any atom is 0.195 e. The van der Waals surface area contributed by atoms with Crippen molar-refractivity contribution in [2.24, 2.45) is 5.41 Å². The van der Waals surface area contributed by atoms with Crippen LogP contribution in [0.4, 0.5) is 0 Å². The van der Waals surface area contributed by atoms with Gasteiger partial charge in [0.2, 0.25) is 0 Å². The van der Waals surface area contributed by atoms with E-state index in [4.69, 9.17) is 12.2 Å². The Kier molecular flexibility index (Phi) is 2.26. The first-order chi connectivity index (χ1) is 7.68. The summed E-state index contributed by atoms with van der Waals surface area (Å²) in [5.41, 5.74) is 0.439. The van der Waals surface area contributed by atoms with Gasteiger partial charge >= 0.3 is 0 Å². The molecule has 0 aliphatic heterocycles. The van der Waals surface area contributed by atoms with Crippen molar-refractivity contribution in [3.63, 3.8) is 0 Å². The van der Waals surface area contributed by atoms with Gasteiger partial charge in [-0.05, 0) is 41.9 Å². The molecule has 5 heteroatoms. The molecule has 1 saturated carbocycles. The largest absolute Gasteiger partial charge is 0.299 e. The van der Waals surface area contributed by atoms with Gasteiger partial charge in [0.1, 0.15) is 0 Å². The molecule has 2 aromatic rings. The number of H-pyrrole nitrogens is 1. The highest BCUT2D eigenvalue weighted by molar-refractivity contribution is 7.71. The van der Waals surface area contributed by atoms with E-state index in [1.54, 1.807) is 11.3 Å². The van der Waals surface area contributed by atoms with Gasteiger partial charge in [0, 0.05) is 6.54 Å². The number of nitrogens with zero attached hydrogens (tertiary/aromatic N) is 2. The zero-order valence-corrected chi connectivity index (χ0v) is 10.7. The number of thiophene rings is 1. The third kappa shape index (κ3) is 1.74. The van der Waals surface area contributed by atoms with Gasteiger partial charge in [0.15, 0.2) is 10.6 Å². The van der Waals surface area contributed by atoms with E-state index in [0.29, 0.717) is 5.41 Å². The van der Waals surface area contributed by atoms with Crippen molar-refractivity contribution < 1.29 is 0 Å². The molecule has 3 nitrogen and oxygen atoms in total. The van der Waals surface area contributed by atoms with Crippen LogP contribution in [-0.2, 0) is 6.54 Å². The van der Waals surface area contributed by atoms with Crippen LogP contribution in [0.25, 0.3) is 10.7 Å². The van der Waals surface area contributed by atoms with E-state index in [1.165, 1.54) is 17.7 Å². The van der Waals surface area contributed by atoms with Crippen LogP contribution in [0.5, 0.6) is 0 Å². The highest BCUT2D eigenvalue weighted by Crippen LogP contribution is 2.47. The number of hydrogen-bond acceptors (Lipinski definition) is 3. The quantitative estimate of drug-likeness (QED) is 0.847. The third-order valence-electron chi connectivity index (χ3n) is 3.14. The topological polar surface area (TPSA) is 33.6 Å². The molecule has 0 unspecified atom stereocenters. The summed E-state index contributed by atoms with van der Waals surface area (Å²) < 4.78 is 2.87. The Morgan fingerprint density at radius 3 is 3.06 bits per heavy atom. The zero-order valence-electron chi connectivity index (χ0n) is 9.06. The Labute approximate surface area is 103 Å². The Balaban J connectivity index is 2.03. The van der Waals surface area contributed by atoms with E-state index in [2.05, 4.69) is 33.1 Å². The summed E-state index contributed by atoms with van der Waals surface area (Å²) in [7, 11) is 0. The van der Waals surface area contributed by atoms with Crippen LogP contribution in [0.1, 0.15) is 19.8 Å². The van der Waals surface area contributed by atoms with E-state index in [9.17, 15) is 0 Å². The molecule has 0 spiro atoms. The van der Waals surface area contributed by atoms with Gasteiger partial charge < -0.3 is 0 Å². The molecule has 1 aliphatic rings. The summed E-state index contributed by atoms with van der Waals surface area (Å²) in [6.45, 7) is 3.29. The summed E-state index contributed by atoms with van der Waals surface area (Å²) in [5.74, 6) is 0.980. The fourth-order valence-corrected chi connectivity index (χ4v) is 2.73. The van der Waals surface area contributed by atoms with Crippen LogP contribution in [0.3, 0.4) is 0 Å². The summed E-state index contributed by atoms with van der Waals surface area (Å²) in [4.78, 5) is 1.18. The van der Waals surface area contributed by atoms with Gasteiger partial charge in [-0.3, -0.25) is 9.67 Å². The number of aromatic nitrogens is 3. The highest BCUT2D eigenvalue weighted by Gasteiger charge is 2.38. The summed E-state index contributed by atoms with van der Waals surface area (Å²) >= 11 is 6.99. The molecule has 0 bridgehead atoms.